The highest BCUT2D eigenvalue weighted by molar-refractivity contribution is 9.10. The van der Waals surface area contributed by atoms with E-state index in [1.54, 1.807) is 18.2 Å². The summed E-state index contributed by atoms with van der Waals surface area (Å²) in [5.41, 5.74) is 0.293. The Morgan fingerprint density at radius 1 is 0.889 bits per heavy atom. The summed E-state index contributed by atoms with van der Waals surface area (Å²) in [4.78, 5) is 47.0. The number of para-hydroxylation sites is 1. The first-order valence-electron chi connectivity index (χ1n) is 13.9. The summed E-state index contributed by atoms with van der Waals surface area (Å²) in [7, 11) is -0.977. The zero-order valence-corrected chi connectivity index (χ0v) is 26.9. The first-order chi connectivity index (χ1) is 21.6. The second-order valence-electron chi connectivity index (χ2n) is 10.7. The summed E-state index contributed by atoms with van der Waals surface area (Å²) in [5.74, 6) is -2.71. The molecule has 1 fully saturated rings. The number of ether oxygens (including phenoxy) is 3. The number of nitrogens with zero attached hydrogens (tertiary/aromatic N) is 3. The van der Waals surface area contributed by atoms with Crippen molar-refractivity contribution in [3.05, 3.63) is 106 Å². The molecule has 0 N–H and O–H groups in total. The van der Waals surface area contributed by atoms with Crippen LogP contribution in [-0.2, 0) is 50.6 Å². The molecular formula is C32H28BrN3O8S. The lowest BCUT2D eigenvalue weighted by Gasteiger charge is -2.40. The van der Waals surface area contributed by atoms with E-state index in [9.17, 15) is 22.8 Å². The van der Waals surface area contributed by atoms with Crippen molar-refractivity contribution >= 4 is 55.4 Å². The maximum absolute atomic E-state index is 14.5. The van der Waals surface area contributed by atoms with E-state index >= 15 is 0 Å². The van der Waals surface area contributed by atoms with Gasteiger partial charge in [-0.05, 0) is 47.9 Å². The molecule has 1 spiro atoms. The van der Waals surface area contributed by atoms with Gasteiger partial charge in [-0.15, -0.1) is 0 Å². The molecule has 0 radical (unpaired) electrons. The van der Waals surface area contributed by atoms with Crippen LogP contribution >= 0.6 is 15.9 Å². The number of methoxy groups -OCH3 is 3. The van der Waals surface area contributed by atoms with Crippen LogP contribution in [0.25, 0.3) is 0 Å². The zero-order chi connectivity index (χ0) is 32.1. The predicted molar refractivity (Wildman–Crippen MR) is 167 cm³/mol. The molecule has 3 aromatic carbocycles. The van der Waals surface area contributed by atoms with E-state index in [-0.39, 0.29) is 29.3 Å². The third-order valence-corrected chi connectivity index (χ3v) is 10.8. The molecule has 1 saturated heterocycles. The first kappa shape index (κ1) is 30.5. The molecule has 0 amide bonds. The molecule has 3 heterocycles. The summed E-state index contributed by atoms with van der Waals surface area (Å²) < 4.78 is 46.0. The minimum Gasteiger partial charge on any atom is -0.467 e. The van der Waals surface area contributed by atoms with Gasteiger partial charge in [-0.1, -0.05) is 64.5 Å². The standard InChI is InChI=1S/C32H28BrN3O8S/c1-42-28(37)24-17-32-22-11-7-8-12-23(22)35(18-19-9-5-4-6-10-19)27(32)25(29(38)43-2)26(30(39)44-3)34-31(32)36(24)45(40,41)21-15-13-20(33)14-16-21/h4-16,24,27H,17-18H2,1-3H3/t24-,27?,32-/m0/s1. The molecule has 6 rings (SSSR count). The second kappa shape index (κ2) is 11.5. The van der Waals surface area contributed by atoms with Crippen molar-refractivity contribution in [3.63, 3.8) is 0 Å². The van der Waals surface area contributed by atoms with E-state index in [2.05, 4.69) is 20.9 Å². The molecule has 13 heteroatoms. The van der Waals surface area contributed by atoms with Crippen LogP contribution in [0, 0.1) is 0 Å². The van der Waals surface area contributed by atoms with Crippen molar-refractivity contribution in [1.82, 2.24) is 4.31 Å². The molecule has 3 atom stereocenters. The molecule has 0 aromatic heterocycles. The smallest absolute Gasteiger partial charge is 0.357 e. The van der Waals surface area contributed by atoms with Crippen molar-refractivity contribution in [2.75, 3.05) is 26.2 Å². The SMILES string of the molecule is COC(=O)C1=C(C(=O)OC)C2N(Cc3ccccc3)c3ccccc3[C@@]23C[C@@H](C(=O)OC)N(S(=O)(=O)c2ccc(Br)cc2)C3=N1. The molecule has 0 bridgehead atoms. The minimum atomic E-state index is -4.48. The number of halogens is 1. The van der Waals surface area contributed by atoms with Crippen molar-refractivity contribution in [2.24, 2.45) is 4.99 Å². The number of hydrogen-bond acceptors (Lipinski definition) is 10. The number of anilines is 1. The molecule has 1 unspecified atom stereocenters. The van der Waals surface area contributed by atoms with Gasteiger partial charge >= 0.3 is 17.9 Å². The van der Waals surface area contributed by atoms with E-state index < -0.39 is 51.1 Å². The highest BCUT2D eigenvalue weighted by atomic mass is 79.9. The molecule has 3 aliphatic rings. The molecule has 11 nitrogen and oxygen atoms in total. The molecule has 0 saturated carbocycles. The fourth-order valence-corrected chi connectivity index (χ4v) is 8.53. The van der Waals surface area contributed by atoms with Crippen LogP contribution in [0.1, 0.15) is 17.5 Å². The zero-order valence-electron chi connectivity index (χ0n) is 24.5. The molecule has 3 aromatic rings. The Balaban J connectivity index is 1.70. The predicted octanol–water partition coefficient (Wildman–Crippen LogP) is 3.72. The Morgan fingerprint density at radius 2 is 1.53 bits per heavy atom. The van der Waals surface area contributed by atoms with Crippen LogP contribution in [0.2, 0.25) is 0 Å². The van der Waals surface area contributed by atoms with E-state index in [4.69, 9.17) is 14.2 Å². The van der Waals surface area contributed by atoms with Gasteiger partial charge in [0.15, 0.2) is 5.70 Å². The fraction of sp³-hybridized carbons (Fsp3) is 0.250. The fourth-order valence-electron chi connectivity index (χ4n) is 6.63. The number of carbonyl (C=O) groups is 3. The second-order valence-corrected chi connectivity index (χ2v) is 13.4. The summed E-state index contributed by atoms with van der Waals surface area (Å²) >= 11 is 3.33. The van der Waals surface area contributed by atoms with E-state index in [0.29, 0.717) is 15.7 Å². The summed E-state index contributed by atoms with van der Waals surface area (Å²) in [5, 5.41) is 0. The van der Waals surface area contributed by atoms with Gasteiger partial charge < -0.3 is 19.1 Å². The van der Waals surface area contributed by atoms with Gasteiger partial charge in [0, 0.05) is 16.7 Å². The van der Waals surface area contributed by atoms with E-state index in [0.717, 1.165) is 17.0 Å². The van der Waals surface area contributed by atoms with Gasteiger partial charge in [0.25, 0.3) is 10.0 Å². The van der Waals surface area contributed by atoms with Gasteiger partial charge in [-0.3, -0.25) is 0 Å². The monoisotopic (exact) mass is 693 g/mol. The van der Waals surface area contributed by atoms with E-state index in [1.165, 1.54) is 26.4 Å². The minimum absolute atomic E-state index is 0.0955. The van der Waals surface area contributed by atoms with Gasteiger partial charge in [0.05, 0.1) is 43.3 Å². The highest BCUT2D eigenvalue weighted by Gasteiger charge is 2.68. The number of rotatable bonds is 7. The van der Waals surface area contributed by atoms with Gasteiger partial charge in [0.2, 0.25) is 0 Å². The third kappa shape index (κ3) is 4.64. The quantitative estimate of drug-likeness (QED) is 0.268. The van der Waals surface area contributed by atoms with Crippen molar-refractivity contribution in [1.29, 1.82) is 0 Å². The molecule has 45 heavy (non-hydrogen) atoms. The summed E-state index contributed by atoms with van der Waals surface area (Å²) in [6.45, 7) is 0.273. The van der Waals surface area contributed by atoms with Gasteiger partial charge in [0.1, 0.15) is 11.9 Å². The first-order valence-corrected chi connectivity index (χ1v) is 16.1. The summed E-state index contributed by atoms with van der Waals surface area (Å²) in [6.07, 6.45) is -0.129. The number of sulfonamides is 1. The van der Waals surface area contributed by atoms with Gasteiger partial charge in [-0.2, -0.15) is 0 Å². The lowest BCUT2D eigenvalue weighted by atomic mass is 9.69. The van der Waals surface area contributed by atoms with Crippen LogP contribution in [0.4, 0.5) is 5.69 Å². The number of amidine groups is 1. The molecular weight excluding hydrogens is 666 g/mol. The Hall–Kier alpha value is -4.49. The largest absolute Gasteiger partial charge is 0.467 e. The number of benzene rings is 3. The maximum atomic E-state index is 14.5. The van der Waals surface area contributed by atoms with Crippen LogP contribution in [-0.4, -0.2) is 69.9 Å². The van der Waals surface area contributed by atoms with Crippen LogP contribution < -0.4 is 4.90 Å². The Bertz CT molecular complexity index is 1880. The average Bonchev–Trinajstić information content (AvgIpc) is 3.55. The Kier molecular flexibility index (Phi) is 7.77. The number of aliphatic imine (C=N–C) groups is 1. The number of esters is 3. The summed E-state index contributed by atoms with van der Waals surface area (Å²) in [6, 6.07) is 20.3. The van der Waals surface area contributed by atoms with Crippen LogP contribution in [0.3, 0.4) is 0 Å². The molecule has 3 aliphatic heterocycles. The number of carbonyl (C=O) groups excluding carboxylic acids is 3. The van der Waals surface area contributed by atoms with Crippen molar-refractivity contribution in [2.45, 2.75) is 35.4 Å². The Morgan fingerprint density at radius 3 is 2.18 bits per heavy atom. The van der Waals surface area contributed by atoms with Crippen LogP contribution in [0.15, 0.2) is 104 Å². The maximum Gasteiger partial charge on any atom is 0.357 e. The highest BCUT2D eigenvalue weighted by Crippen LogP contribution is 2.59. The Labute approximate surface area is 268 Å². The molecule has 0 aliphatic carbocycles. The van der Waals surface area contributed by atoms with Gasteiger partial charge in [-0.25, -0.2) is 32.1 Å². The third-order valence-electron chi connectivity index (χ3n) is 8.45. The normalized spacial score (nSPS) is 21.8. The lowest BCUT2D eigenvalue weighted by molar-refractivity contribution is -0.144. The topological polar surface area (TPSA) is 132 Å². The number of fused-ring (bicyclic) bond motifs is 1. The van der Waals surface area contributed by atoms with Crippen molar-refractivity contribution in [3.8, 4) is 0 Å². The molecule has 232 valence electrons. The number of hydrogen-bond donors (Lipinski definition) is 0. The van der Waals surface area contributed by atoms with Crippen molar-refractivity contribution < 1.29 is 37.0 Å². The van der Waals surface area contributed by atoms with E-state index in [1.807, 2.05) is 53.4 Å². The van der Waals surface area contributed by atoms with Crippen LogP contribution in [0.5, 0.6) is 0 Å². The lowest BCUT2D eigenvalue weighted by Crippen LogP contribution is -2.55. The average molecular weight is 695 g/mol.